The van der Waals surface area contributed by atoms with Gasteiger partial charge in [-0.15, -0.1) is 0 Å². The SMILES string of the molecule is O=CC12c3ccccc3C(c3ccccc31)C1(C=O)c3ccccc3C2c2ccccc21.O=CC12c3ccccc3C(c3ccccc31)C1(C=O)c3ccccc3C2c2ccccc21. The fourth-order valence-corrected chi connectivity index (χ4v) is 14.2. The van der Waals surface area contributed by atoms with Gasteiger partial charge in [0.15, 0.2) is 0 Å². The van der Waals surface area contributed by atoms with Gasteiger partial charge in [0.05, 0.1) is 21.7 Å². The fourth-order valence-electron chi connectivity index (χ4n) is 14.2. The molecule has 0 amide bonds. The topological polar surface area (TPSA) is 68.3 Å². The van der Waals surface area contributed by atoms with Crippen molar-refractivity contribution in [3.63, 3.8) is 0 Å². The number of hydrogen-bond donors (Lipinski definition) is 0. The van der Waals surface area contributed by atoms with Gasteiger partial charge in [-0.3, -0.25) is 0 Å². The molecule has 0 N–H and O–H groups in total. The molecule has 0 unspecified atom stereocenters. The van der Waals surface area contributed by atoms with E-state index >= 15 is 0 Å². The molecular weight excluding hydrogens is 785 g/mol. The van der Waals surface area contributed by atoms with E-state index in [1.807, 2.05) is 97.1 Å². The van der Waals surface area contributed by atoms with Crippen molar-refractivity contribution in [1.82, 2.24) is 0 Å². The summed E-state index contributed by atoms with van der Waals surface area (Å²) >= 11 is 0. The largest absolute Gasteiger partial charge is 0.302 e. The number of carbonyl (C=O) groups is 4. The van der Waals surface area contributed by atoms with Crippen LogP contribution in [0.1, 0.15) is 113 Å². The van der Waals surface area contributed by atoms with Crippen LogP contribution in [0.4, 0.5) is 0 Å². The van der Waals surface area contributed by atoms with Gasteiger partial charge in [0.2, 0.25) is 0 Å². The lowest BCUT2D eigenvalue weighted by molar-refractivity contribution is -0.114. The molecule has 64 heavy (non-hydrogen) atoms. The molecule has 0 aliphatic heterocycles. The highest BCUT2D eigenvalue weighted by Gasteiger charge is 2.64. The highest BCUT2D eigenvalue weighted by molar-refractivity contribution is 5.94. The quantitative estimate of drug-likeness (QED) is 0.166. The molecular formula is C60H40O4. The minimum atomic E-state index is -0.856. The third-order valence-electron chi connectivity index (χ3n) is 16.3. The van der Waals surface area contributed by atoms with Crippen LogP contribution in [-0.4, -0.2) is 25.1 Å². The summed E-state index contributed by atoms with van der Waals surface area (Å²) in [4.78, 5) is 53.7. The summed E-state index contributed by atoms with van der Waals surface area (Å²) in [7, 11) is 0. The summed E-state index contributed by atoms with van der Waals surface area (Å²) < 4.78 is 0. The Bertz CT molecular complexity index is 2700. The van der Waals surface area contributed by atoms with Crippen LogP contribution < -0.4 is 0 Å². The van der Waals surface area contributed by atoms with Crippen LogP contribution in [-0.2, 0) is 40.8 Å². The van der Waals surface area contributed by atoms with E-state index in [1.54, 1.807) is 0 Å². The molecule has 0 spiro atoms. The van der Waals surface area contributed by atoms with E-state index < -0.39 is 21.7 Å². The molecule has 12 aliphatic carbocycles. The highest BCUT2D eigenvalue weighted by atomic mass is 16.1. The van der Waals surface area contributed by atoms with Gasteiger partial charge < -0.3 is 19.2 Å². The summed E-state index contributed by atoms with van der Waals surface area (Å²) in [5.74, 6) is -0.818. The molecule has 20 rings (SSSR count). The molecule has 0 fully saturated rings. The van der Waals surface area contributed by atoms with Gasteiger partial charge in [-0.2, -0.15) is 0 Å². The van der Waals surface area contributed by atoms with Crippen LogP contribution in [0.3, 0.4) is 0 Å². The normalized spacial score (nSPS) is 27.9. The smallest absolute Gasteiger partial charge is 0.135 e. The predicted octanol–water partition coefficient (Wildman–Crippen LogP) is 10.5. The van der Waals surface area contributed by atoms with Gasteiger partial charge in [0.25, 0.3) is 0 Å². The van der Waals surface area contributed by atoms with Crippen LogP contribution in [0.15, 0.2) is 194 Å². The standard InChI is InChI=1S/2C30H20O2/c2*31-17-29-23-13-5-1-9-19(23)27(20-10-2-6-14-24(20)29)30(18-32)25-15-7-3-11-21(25)28(29)22-12-4-8-16-26(22)30/h2*1-18,27-28H. The molecule has 0 radical (unpaired) electrons. The van der Waals surface area contributed by atoms with Gasteiger partial charge in [0, 0.05) is 23.7 Å². The van der Waals surface area contributed by atoms with Gasteiger partial charge in [0.1, 0.15) is 25.1 Å². The number of aldehydes is 4. The highest BCUT2D eigenvalue weighted by Crippen LogP contribution is 2.69. The third-order valence-corrected chi connectivity index (χ3v) is 16.3. The Morgan fingerprint density at radius 3 is 0.469 bits per heavy atom. The Balaban J connectivity index is 0.000000129. The van der Waals surface area contributed by atoms with Crippen molar-refractivity contribution in [3.8, 4) is 0 Å². The monoisotopic (exact) mass is 824 g/mol. The lowest BCUT2D eigenvalue weighted by atomic mass is 9.43. The summed E-state index contributed by atoms with van der Waals surface area (Å²) in [6.07, 6.45) is 4.66. The zero-order chi connectivity index (χ0) is 43.0. The van der Waals surface area contributed by atoms with Crippen LogP contribution in [0.2, 0.25) is 0 Å². The van der Waals surface area contributed by atoms with Gasteiger partial charge >= 0.3 is 0 Å². The first kappa shape index (κ1) is 37.0. The first-order valence-electron chi connectivity index (χ1n) is 22.2. The Morgan fingerprint density at radius 2 is 0.344 bits per heavy atom. The number of rotatable bonds is 4. The summed E-state index contributed by atoms with van der Waals surface area (Å²) in [6.45, 7) is 0. The van der Waals surface area contributed by atoms with Crippen molar-refractivity contribution in [1.29, 1.82) is 0 Å². The minimum Gasteiger partial charge on any atom is -0.302 e. The van der Waals surface area contributed by atoms with Crippen molar-refractivity contribution < 1.29 is 19.2 Å². The maximum atomic E-state index is 13.4. The van der Waals surface area contributed by atoms with Gasteiger partial charge in [-0.05, 0) is 89.0 Å². The Morgan fingerprint density at radius 1 is 0.219 bits per heavy atom. The molecule has 0 saturated heterocycles. The molecule has 12 aliphatic rings. The maximum Gasteiger partial charge on any atom is 0.135 e. The molecule has 0 saturated carbocycles. The molecule has 0 aromatic heterocycles. The van der Waals surface area contributed by atoms with E-state index in [1.165, 1.54) is 25.1 Å². The molecule has 8 aromatic rings. The second kappa shape index (κ2) is 13.0. The molecule has 4 heteroatoms. The van der Waals surface area contributed by atoms with Crippen LogP contribution in [0, 0.1) is 0 Å². The maximum absolute atomic E-state index is 13.4. The fraction of sp³-hybridized carbons (Fsp3) is 0.133. The number of hydrogen-bond acceptors (Lipinski definition) is 4. The van der Waals surface area contributed by atoms with Crippen molar-refractivity contribution in [2.75, 3.05) is 0 Å². The molecule has 304 valence electrons. The van der Waals surface area contributed by atoms with Crippen molar-refractivity contribution in [3.05, 3.63) is 283 Å². The van der Waals surface area contributed by atoms with Crippen LogP contribution in [0.5, 0.6) is 0 Å². The summed E-state index contributed by atoms with van der Waals surface area (Å²) in [5, 5.41) is 0. The Kier molecular flexibility index (Phi) is 7.52. The predicted molar refractivity (Wildman–Crippen MR) is 246 cm³/mol. The number of carbonyl (C=O) groups excluding carboxylic acids is 4. The summed E-state index contributed by atoms with van der Waals surface area (Å²) in [5.41, 5.74) is 13.5. The van der Waals surface area contributed by atoms with Gasteiger partial charge in [-0.25, -0.2) is 0 Å². The second-order valence-corrected chi connectivity index (χ2v) is 18.4. The van der Waals surface area contributed by atoms with Crippen molar-refractivity contribution in [2.24, 2.45) is 0 Å². The van der Waals surface area contributed by atoms with Gasteiger partial charge in [-0.1, -0.05) is 194 Å². The first-order valence-corrected chi connectivity index (χ1v) is 22.2. The molecule has 0 atom stereocenters. The number of benzene rings is 8. The minimum absolute atomic E-state index is 0.205. The second-order valence-electron chi connectivity index (χ2n) is 18.4. The van der Waals surface area contributed by atoms with E-state index in [2.05, 4.69) is 97.1 Å². The first-order chi connectivity index (χ1) is 31.6. The van der Waals surface area contributed by atoms with E-state index in [0.29, 0.717) is 0 Å². The van der Waals surface area contributed by atoms with Crippen LogP contribution in [0.25, 0.3) is 0 Å². The van der Waals surface area contributed by atoms with Crippen molar-refractivity contribution >= 4 is 25.1 Å². The molecule has 4 nitrogen and oxygen atoms in total. The van der Waals surface area contributed by atoms with E-state index in [0.717, 1.165) is 89.0 Å². The van der Waals surface area contributed by atoms with Crippen LogP contribution >= 0.6 is 0 Å². The van der Waals surface area contributed by atoms with E-state index in [9.17, 15) is 19.2 Å². The Labute approximate surface area is 371 Å². The zero-order valence-corrected chi connectivity index (χ0v) is 34.7. The van der Waals surface area contributed by atoms with E-state index in [4.69, 9.17) is 0 Å². The zero-order valence-electron chi connectivity index (χ0n) is 34.7. The molecule has 0 heterocycles. The van der Waals surface area contributed by atoms with E-state index in [-0.39, 0.29) is 23.7 Å². The third kappa shape index (κ3) is 4.03. The average Bonchev–Trinajstić information content (AvgIpc) is 3.35. The molecule has 8 aromatic carbocycles. The lowest BCUT2D eigenvalue weighted by Crippen LogP contribution is -2.54. The lowest BCUT2D eigenvalue weighted by Gasteiger charge is -2.57. The summed E-state index contributed by atoms with van der Waals surface area (Å²) in [6, 6.07) is 66.0. The molecule has 8 bridgehead atoms. The average molecular weight is 825 g/mol. The van der Waals surface area contributed by atoms with Crippen molar-refractivity contribution in [2.45, 2.75) is 45.3 Å². The Hall–Kier alpha value is -7.56.